The zero-order valence-electron chi connectivity index (χ0n) is 26.3. The number of anilines is 2. The fraction of sp³-hybridized carbons (Fsp3) is 0.286. The Kier molecular flexibility index (Phi) is 8.95. The number of hydrogen-bond donors (Lipinski definition) is 2. The van der Waals surface area contributed by atoms with E-state index < -0.39 is 28.9 Å². The number of carbonyl (C=O) groups excluding carboxylic acids is 2. The molecule has 1 aliphatic heterocycles. The van der Waals surface area contributed by atoms with E-state index in [1.165, 1.54) is 55.3 Å². The third kappa shape index (κ3) is 6.54. The molecule has 0 saturated carbocycles. The number of fused-ring (bicyclic) bond motifs is 1. The molecule has 1 fully saturated rings. The van der Waals surface area contributed by atoms with Gasteiger partial charge in [-0.25, -0.2) is 8.78 Å². The summed E-state index contributed by atoms with van der Waals surface area (Å²) < 4.78 is 36.6. The van der Waals surface area contributed by atoms with Crippen molar-refractivity contribution in [2.24, 2.45) is 5.41 Å². The van der Waals surface area contributed by atoms with Crippen molar-refractivity contribution in [3.05, 3.63) is 91.0 Å². The van der Waals surface area contributed by atoms with Crippen LogP contribution in [-0.4, -0.2) is 51.7 Å². The van der Waals surface area contributed by atoms with Gasteiger partial charge in [-0.1, -0.05) is 6.92 Å². The molecule has 2 aromatic carbocycles. The van der Waals surface area contributed by atoms with Crippen molar-refractivity contribution in [2.45, 2.75) is 39.2 Å². The first-order valence-electron chi connectivity index (χ1n) is 15.5. The highest BCUT2D eigenvalue weighted by molar-refractivity contribution is 6.15. The molecule has 1 unspecified atom stereocenters. The highest BCUT2D eigenvalue weighted by Gasteiger charge is 2.42. The number of hydrogen-bond acceptors (Lipinski definition) is 7. The van der Waals surface area contributed by atoms with Crippen LogP contribution >= 0.6 is 0 Å². The van der Waals surface area contributed by atoms with Gasteiger partial charge < -0.3 is 20.3 Å². The monoisotopic (exact) mass is 639 g/mol. The Labute approximate surface area is 270 Å². The van der Waals surface area contributed by atoms with Crippen molar-refractivity contribution in [3.8, 4) is 22.8 Å². The van der Waals surface area contributed by atoms with E-state index in [1.807, 2.05) is 16.9 Å². The molecule has 6 rings (SSSR count). The zero-order valence-corrected chi connectivity index (χ0v) is 26.3. The summed E-state index contributed by atoms with van der Waals surface area (Å²) in [6, 6.07) is 13.3. The number of ether oxygens (including phenoxy) is 1. The minimum absolute atomic E-state index is 0.0619. The molecular formula is C35H35F2N7O3. The normalized spacial score (nSPS) is 14.8. The van der Waals surface area contributed by atoms with Crippen molar-refractivity contribution in [1.82, 2.24) is 25.1 Å². The van der Waals surface area contributed by atoms with E-state index in [0.717, 1.165) is 43.3 Å². The summed E-state index contributed by atoms with van der Waals surface area (Å²) in [4.78, 5) is 37.1. The first-order chi connectivity index (χ1) is 22.7. The predicted octanol–water partition coefficient (Wildman–Crippen LogP) is 6.51. The van der Waals surface area contributed by atoms with Crippen LogP contribution in [0.15, 0.2) is 79.4 Å². The Morgan fingerprint density at radius 2 is 1.81 bits per heavy atom. The van der Waals surface area contributed by atoms with Crippen LogP contribution in [0.4, 0.5) is 20.2 Å². The van der Waals surface area contributed by atoms with Gasteiger partial charge in [-0.3, -0.25) is 24.2 Å². The van der Waals surface area contributed by atoms with Gasteiger partial charge in [0.25, 0.3) is 0 Å². The summed E-state index contributed by atoms with van der Waals surface area (Å²) in [7, 11) is 1.52. The second-order valence-corrected chi connectivity index (χ2v) is 11.8. The van der Waals surface area contributed by atoms with E-state index in [4.69, 9.17) is 4.74 Å². The standard InChI is InChI=1S/C35H35F2N7O3/c1-4-35(2,34(46)43(3)25-8-5-23(36)6-9-25)33(45)42-24-7-10-32(28(37)17-24)47-31-13-16-39-30-18-29(40-20-27(30)31)22-19-41-44(21-22)26-11-14-38-15-12-26/h5-10,13,16-21,26,38H,4,11-12,14-15H2,1-3H3,(H,42,45). The minimum atomic E-state index is -1.47. The Bertz CT molecular complexity index is 1920. The fourth-order valence-electron chi connectivity index (χ4n) is 5.61. The van der Waals surface area contributed by atoms with Gasteiger partial charge in [0.15, 0.2) is 11.6 Å². The van der Waals surface area contributed by atoms with Crippen LogP contribution < -0.4 is 20.3 Å². The molecule has 4 heterocycles. The molecule has 2 N–H and O–H groups in total. The number of nitrogens with one attached hydrogen (secondary N) is 2. The zero-order chi connectivity index (χ0) is 33.1. The topological polar surface area (TPSA) is 114 Å². The number of piperidine rings is 1. The first-order valence-corrected chi connectivity index (χ1v) is 15.5. The maximum absolute atomic E-state index is 15.3. The molecule has 10 nitrogen and oxygen atoms in total. The summed E-state index contributed by atoms with van der Waals surface area (Å²) in [5.74, 6) is -1.93. The molecule has 0 radical (unpaired) electrons. The van der Waals surface area contributed by atoms with E-state index in [2.05, 4.69) is 25.7 Å². The minimum Gasteiger partial charge on any atom is -0.453 e. The van der Waals surface area contributed by atoms with Gasteiger partial charge in [0.2, 0.25) is 11.8 Å². The Hall–Kier alpha value is -5.23. The van der Waals surface area contributed by atoms with Crippen molar-refractivity contribution in [1.29, 1.82) is 0 Å². The van der Waals surface area contributed by atoms with Gasteiger partial charge in [-0.15, -0.1) is 0 Å². The van der Waals surface area contributed by atoms with E-state index in [1.54, 1.807) is 31.6 Å². The number of nitrogens with zero attached hydrogens (tertiary/aromatic N) is 5. The van der Waals surface area contributed by atoms with Crippen LogP contribution in [0.1, 0.15) is 39.2 Å². The average molecular weight is 640 g/mol. The maximum atomic E-state index is 15.3. The number of halogens is 2. The average Bonchev–Trinajstić information content (AvgIpc) is 3.60. The lowest BCUT2D eigenvalue weighted by atomic mass is 9.84. The van der Waals surface area contributed by atoms with Crippen LogP contribution in [0.5, 0.6) is 11.5 Å². The quantitative estimate of drug-likeness (QED) is 0.177. The lowest BCUT2D eigenvalue weighted by molar-refractivity contribution is -0.137. The summed E-state index contributed by atoms with van der Waals surface area (Å²) in [6.07, 6.45) is 9.25. The van der Waals surface area contributed by atoms with E-state index in [0.29, 0.717) is 28.4 Å². The molecule has 0 aliphatic carbocycles. The number of carbonyl (C=O) groups is 2. The number of amides is 2. The first kappa shape index (κ1) is 31.7. The molecule has 0 spiro atoms. The Balaban J connectivity index is 1.16. The van der Waals surface area contributed by atoms with Crippen molar-refractivity contribution in [3.63, 3.8) is 0 Å². The molecule has 1 saturated heterocycles. The summed E-state index contributed by atoms with van der Waals surface area (Å²) in [5.41, 5.74) is 1.35. The van der Waals surface area contributed by atoms with Gasteiger partial charge in [0, 0.05) is 48.6 Å². The number of benzene rings is 2. The van der Waals surface area contributed by atoms with Crippen molar-refractivity contribution < 1.29 is 23.1 Å². The fourth-order valence-corrected chi connectivity index (χ4v) is 5.61. The van der Waals surface area contributed by atoms with Crippen LogP contribution in [0.3, 0.4) is 0 Å². The second-order valence-electron chi connectivity index (χ2n) is 11.8. The lowest BCUT2D eigenvalue weighted by Crippen LogP contribution is -2.47. The molecule has 12 heteroatoms. The summed E-state index contributed by atoms with van der Waals surface area (Å²) in [5, 5.41) is 11.2. The van der Waals surface area contributed by atoms with Crippen molar-refractivity contribution in [2.75, 3.05) is 30.4 Å². The smallest absolute Gasteiger partial charge is 0.242 e. The predicted molar refractivity (Wildman–Crippen MR) is 175 cm³/mol. The Morgan fingerprint density at radius 3 is 2.53 bits per heavy atom. The molecule has 0 bridgehead atoms. The molecule has 2 amide bonds. The van der Waals surface area contributed by atoms with Gasteiger partial charge >= 0.3 is 0 Å². The number of rotatable bonds is 9. The van der Waals surface area contributed by atoms with Crippen LogP contribution in [-0.2, 0) is 9.59 Å². The molecule has 1 atom stereocenters. The number of aromatic nitrogens is 4. The van der Waals surface area contributed by atoms with Gasteiger partial charge in [-0.05, 0) is 87.8 Å². The lowest BCUT2D eigenvalue weighted by Gasteiger charge is -2.30. The van der Waals surface area contributed by atoms with Crippen LogP contribution in [0, 0.1) is 17.0 Å². The highest BCUT2D eigenvalue weighted by atomic mass is 19.1. The number of pyridine rings is 2. The van der Waals surface area contributed by atoms with E-state index in [-0.39, 0.29) is 17.9 Å². The molecular weight excluding hydrogens is 604 g/mol. The second kappa shape index (κ2) is 13.2. The molecule has 1 aliphatic rings. The third-order valence-electron chi connectivity index (χ3n) is 8.78. The van der Waals surface area contributed by atoms with Gasteiger partial charge in [0.1, 0.15) is 17.0 Å². The highest BCUT2D eigenvalue weighted by Crippen LogP contribution is 2.34. The maximum Gasteiger partial charge on any atom is 0.242 e. The molecule has 242 valence electrons. The van der Waals surface area contributed by atoms with Gasteiger partial charge in [0.05, 0.1) is 28.8 Å². The van der Waals surface area contributed by atoms with E-state index in [9.17, 15) is 14.0 Å². The van der Waals surface area contributed by atoms with Gasteiger partial charge in [-0.2, -0.15) is 5.10 Å². The van der Waals surface area contributed by atoms with Crippen LogP contribution in [0.25, 0.3) is 22.2 Å². The molecule has 47 heavy (non-hydrogen) atoms. The van der Waals surface area contributed by atoms with Crippen LogP contribution in [0.2, 0.25) is 0 Å². The molecule has 5 aromatic rings. The van der Waals surface area contributed by atoms with E-state index >= 15 is 4.39 Å². The third-order valence-corrected chi connectivity index (χ3v) is 8.78. The van der Waals surface area contributed by atoms with Crippen molar-refractivity contribution >= 4 is 34.1 Å². The molecule has 3 aromatic heterocycles. The SMILES string of the molecule is CCC(C)(C(=O)Nc1ccc(Oc2ccnc3cc(-c4cnn(C5CCNCC5)c4)ncc23)c(F)c1)C(=O)N(C)c1ccc(F)cc1. The Morgan fingerprint density at radius 1 is 1.04 bits per heavy atom. The summed E-state index contributed by atoms with van der Waals surface area (Å²) >= 11 is 0. The summed E-state index contributed by atoms with van der Waals surface area (Å²) in [6.45, 7) is 5.17. The largest absolute Gasteiger partial charge is 0.453 e.